The van der Waals surface area contributed by atoms with Gasteiger partial charge in [0.15, 0.2) is 0 Å². The number of carbonyl (C=O) groups excluding carboxylic acids is 1. The van der Waals surface area contributed by atoms with Crippen LogP contribution in [0.5, 0.6) is 5.75 Å². The van der Waals surface area contributed by atoms with Gasteiger partial charge in [-0.1, -0.05) is 6.07 Å². The van der Waals surface area contributed by atoms with Crippen molar-refractivity contribution in [1.82, 2.24) is 20.3 Å². The van der Waals surface area contributed by atoms with Gasteiger partial charge in [0.25, 0.3) is 5.91 Å². The maximum atomic E-state index is 14.4. The molecule has 2 aromatic heterocycles. The van der Waals surface area contributed by atoms with E-state index in [0.29, 0.717) is 29.2 Å². The fourth-order valence-electron chi connectivity index (χ4n) is 3.48. The van der Waals surface area contributed by atoms with E-state index in [0.717, 1.165) is 36.9 Å². The van der Waals surface area contributed by atoms with Gasteiger partial charge in [-0.15, -0.1) is 0 Å². The van der Waals surface area contributed by atoms with Gasteiger partial charge in [-0.25, -0.2) is 9.97 Å². The summed E-state index contributed by atoms with van der Waals surface area (Å²) in [7, 11) is 1.51. The predicted molar refractivity (Wildman–Crippen MR) is 121 cm³/mol. The molecule has 6 bridgehead atoms. The normalized spacial score (nSPS) is 14.3. The minimum atomic E-state index is -0.665. The Morgan fingerprint density at radius 2 is 1.81 bits per heavy atom. The minimum absolute atomic E-state index is 0.149. The van der Waals surface area contributed by atoms with E-state index in [1.54, 1.807) is 30.5 Å². The molecule has 4 heterocycles. The first-order valence-corrected chi connectivity index (χ1v) is 10.5. The van der Waals surface area contributed by atoms with Crippen molar-refractivity contribution in [3.63, 3.8) is 0 Å². The number of rotatable bonds is 1. The van der Waals surface area contributed by atoms with Gasteiger partial charge >= 0.3 is 0 Å². The lowest BCUT2D eigenvalue weighted by Gasteiger charge is -2.12. The first-order valence-electron chi connectivity index (χ1n) is 10.5. The van der Waals surface area contributed by atoms with Crippen molar-refractivity contribution in [3.05, 3.63) is 53.7 Å². The molecule has 2 aliphatic rings. The highest BCUT2D eigenvalue weighted by atomic mass is 19.1. The van der Waals surface area contributed by atoms with E-state index in [9.17, 15) is 9.18 Å². The lowest BCUT2D eigenvalue weighted by molar-refractivity contribution is 0.0950. The number of hydrogen-bond acceptors (Lipinski definition) is 7. The number of fused-ring (bicyclic) bond motifs is 9. The third kappa shape index (κ3) is 4.77. The van der Waals surface area contributed by atoms with Gasteiger partial charge in [-0.05, 0) is 49.9 Å². The molecule has 0 radical (unpaired) electrons. The Balaban J connectivity index is 1.74. The molecule has 9 heteroatoms. The maximum Gasteiger partial charge on any atom is 0.255 e. The average molecular weight is 436 g/mol. The zero-order valence-corrected chi connectivity index (χ0v) is 18.0. The summed E-state index contributed by atoms with van der Waals surface area (Å²) >= 11 is 0. The molecule has 0 unspecified atom stereocenters. The third-order valence-electron chi connectivity index (χ3n) is 5.27. The molecule has 1 aromatic carbocycles. The molecule has 166 valence electrons. The smallest absolute Gasteiger partial charge is 0.255 e. The quantitative estimate of drug-likeness (QED) is 0.495. The SMILES string of the molecule is COc1cc2ccc1C(=O)NCCCCCNc1nc(ncc1C)Nc1cc-2cnc1F. The summed E-state index contributed by atoms with van der Waals surface area (Å²) in [6, 6.07) is 6.86. The Hall–Kier alpha value is -3.75. The van der Waals surface area contributed by atoms with Crippen molar-refractivity contribution in [3.8, 4) is 16.9 Å². The Bertz CT molecular complexity index is 1140. The highest BCUT2D eigenvalue weighted by Crippen LogP contribution is 2.30. The Morgan fingerprint density at radius 3 is 2.62 bits per heavy atom. The number of nitrogens with zero attached hydrogens (tertiary/aromatic N) is 3. The molecule has 2 aliphatic heterocycles. The molecule has 5 rings (SSSR count). The van der Waals surface area contributed by atoms with E-state index in [-0.39, 0.29) is 17.5 Å². The van der Waals surface area contributed by atoms with Crippen molar-refractivity contribution in [2.75, 3.05) is 30.8 Å². The van der Waals surface area contributed by atoms with E-state index in [1.165, 1.54) is 13.3 Å². The Kier molecular flexibility index (Phi) is 6.44. The molecule has 0 spiro atoms. The number of aryl methyl sites for hydroxylation is 1. The summed E-state index contributed by atoms with van der Waals surface area (Å²) in [5.74, 6) is 0.551. The van der Waals surface area contributed by atoms with E-state index < -0.39 is 5.95 Å². The van der Waals surface area contributed by atoms with Gasteiger partial charge in [-0.3, -0.25) is 4.79 Å². The van der Waals surface area contributed by atoms with E-state index in [4.69, 9.17) is 4.74 Å². The molecule has 3 N–H and O–H groups in total. The summed E-state index contributed by atoms with van der Waals surface area (Å²) < 4.78 is 19.9. The molecular weight excluding hydrogens is 411 g/mol. The second-order valence-electron chi connectivity index (χ2n) is 7.57. The number of hydrogen-bond donors (Lipinski definition) is 3. The summed E-state index contributed by atoms with van der Waals surface area (Å²) in [5.41, 5.74) is 2.88. The fraction of sp³-hybridized carbons (Fsp3) is 0.304. The lowest BCUT2D eigenvalue weighted by Crippen LogP contribution is -2.25. The third-order valence-corrected chi connectivity index (χ3v) is 5.27. The predicted octanol–water partition coefficient (Wildman–Crippen LogP) is 4.06. The molecule has 3 aromatic rings. The van der Waals surface area contributed by atoms with Crippen LogP contribution in [0, 0.1) is 12.9 Å². The monoisotopic (exact) mass is 436 g/mol. The zero-order chi connectivity index (χ0) is 22.5. The summed E-state index contributed by atoms with van der Waals surface area (Å²) in [5, 5.41) is 9.17. The molecule has 0 fully saturated rings. The van der Waals surface area contributed by atoms with Crippen molar-refractivity contribution in [2.24, 2.45) is 0 Å². The number of amides is 1. The number of carbonyl (C=O) groups is 1. The van der Waals surface area contributed by atoms with Gasteiger partial charge in [0.2, 0.25) is 11.9 Å². The number of nitrogens with one attached hydrogen (secondary N) is 3. The number of pyridine rings is 1. The highest BCUT2D eigenvalue weighted by molar-refractivity contribution is 5.97. The molecule has 0 atom stereocenters. The van der Waals surface area contributed by atoms with Crippen LogP contribution in [0.2, 0.25) is 0 Å². The standard InChI is InChI=1S/C23H25FN6O2/c1-14-12-28-23-29-18-10-16(13-27-20(18)24)15-6-7-17(19(11-15)32-2)22(31)26-9-5-3-4-8-25-21(14)30-23/h6-7,10-13H,3-5,8-9H2,1-2H3,(H,26,31)(H2,25,28,29,30). The molecule has 0 saturated heterocycles. The summed E-state index contributed by atoms with van der Waals surface area (Å²) in [6.07, 6.45) is 5.84. The van der Waals surface area contributed by atoms with Crippen LogP contribution >= 0.6 is 0 Å². The van der Waals surface area contributed by atoms with Crippen LogP contribution in [0.4, 0.5) is 21.8 Å². The summed E-state index contributed by atoms with van der Waals surface area (Å²) in [6.45, 7) is 3.22. The number of aromatic nitrogens is 3. The molecule has 0 saturated carbocycles. The molecule has 0 aliphatic carbocycles. The van der Waals surface area contributed by atoms with Gasteiger partial charge < -0.3 is 20.7 Å². The van der Waals surface area contributed by atoms with Crippen LogP contribution in [-0.4, -0.2) is 41.1 Å². The topological polar surface area (TPSA) is 101 Å². The molecule has 8 nitrogen and oxygen atoms in total. The lowest BCUT2D eigenvalue weighted by atomic mass is 10.0. The van der Waals surface area contributed by atoms with Crippen molar-refractivity contribution < 1.29 is 13.9 Å². The van der Waals surface area contributed by atoms with Crippen LogP contribution in [0.15, 0.2) is 36.7 Å². The maximum absolute atomic E-state index is 14.4. The summed E-state index contributed by atoms with van der Waals surface area (Å²) in [4.78, 5) is 25.2. The Morgan fingerprint density at radius 1 is 1.00 bits per heavy atom. The Labute approximate surface area is 185 Å². The number of ether oxygens (including phenoxy) is 1. The zero-order valence-electron chi connectivity index (χ0n) is 18.0. The second-order valence-corrected chi connectivity index (χ2v) is 7.57. The van der Waals surface area contributed by atoms with Crippen molar-refractivity contribution in [1.29, 1.82) is 0 Å². The van der Waals surface area contributed by atoms with Crippen molar-refractivity contribution in [2.45, 2.75) is 26.2 Å². The second kappa shape index (κ2) is 9.59. The number of halogens is 1. The molecular formula is C23H25FN6O2. The van der Waals surface area contributed by atoms with Crippen LogP contribution in [0.1, 0.15) is 35.2 Å². The van der Waals surface area contributed by atoms with Gasteiger partial charge in [-0.2, -0.15) is 9.37 Å². The van der Waals surface area contributed by atoms with Crippen molar-refractivity contribution >= 4 is 23.4 Å². The van der Waals surface area contributed by atoms with Gasteiger partial charge in [0, 0.05) is 36.6 Å². The average Bonchev–Trinajstić information content (AvgIpc) is 2.80. The number of benzene rings is 1. The highest BCUT2D eigenvalue weighted by Gasteiger charge is 2.15. The van der Waals surface area contributed by atoms with Crippen LogP contribution < -0.4 is 20.7 Å². The van der Waals surface area contributed by atoms with Crippen LogP contribution in [0.3, 0.4) is 0 Å². The largest absolute Gasteiger partial charge is 0.496 e. The van der Waals surface area contributed by atoms with E-state index in [1.807, 2.05) is 6.92 Å². The molecule has 32 heavy (non-hydrogen) atoms. The van der Waals surface area contributed by atoms with E-state index in [2.05, 4.69) is 30.9 Å². The first kappa shape index (κ1) is 21.5. The van der Waals surface area contributed by atoms with Crippen LogP contribution in [0.25, 0.3) is 11.1 Å². The number of methoxy groups -OCH3 is 1. The van der Waals surface area contributed by atoms with Crippen LogP contribution in [-0.2, 0) is 0 Å². The molecule has 1 amide bonds. The van der Waals surface area contributed by atoms with Gasteiger partial charge in [0.1, 0.15) is 11.6 Å². The minimum Gasteiger partial charge on any atom is -0.496 e. The van der Waals surface area contributed by atoms with E-state index >= 15 is 0 Å². The fourth-order valence-corrected chi connectivity index (χ4v) is 3.48. The van der Waals surface area contributed by atoms with Gasteiger partial charge in [0.05, 0.1) is 18.4 Å². The number of anilines is 3. The first-order chi connectivity index (χ1) is 15.5.